The van der Waals surface area contributed by atoms with Crippen LogP contribution < -0.4 is 4.74 Å². The Hall–Kier alpha value is -2.16. The molecule has 1 heterocycles. The molecular formula is C14H13NO2. The van der Waals surface area contributed by atoms with Gasteiger partial charge in [-0.1, -0.05) is 12.1 Å². The zero-order chi connectivity index (χ0) is 12.3. The van der Waals surface area contributed by atoms with Crippen LogP contribution in [0.5, 0.6) is 5.75 Å². The van der Waals surface area contributed by atoms with E-state index in [1.807, 2.05) is 31.2 Å². The van der Waals surface area contributed by atoms with Gasteiger partial charge in [0.2, 0.25) is 0 Å². The van der Waals surface area contributed by atoms with Gasteiger partial charge in [-0.25, -0.2) is 0 Å². The summed E-state index contributed by atoms with van der Waals surface area (Å²) in [5.41, 5.74) is 3.43. The summed E-state index contributed by atoms with van der Waals surface area (Å²) in [6, 6.07) is 7.71. The standard InChI is InChI=1S/C14H13NO2/c1-10-3-4-13(14(7-10)17-2)12-5-6-15-8-11(12)9-16/h3-9H,1-2H3. The van der Waals surface area contributed by atoms with E-state index in [1.165, 1.54) is 0 Å². The lowest BCUT2D eigenvalue weighted by Crippen LogP contribution is -1.93. The van der Waals surface area contributed by atoms with Crippen LogP contribution in [0.15, 0.2) is 36.7 Å². The summed E-state index contributed by atoms with van der Waals surface area (Å²) < 4.78 is 5.34. The first-order valence-corrected chi connectivity index (χ1v) is 5.30. The molecule has 0 bridgehead atoms. The summed E-state index contributed by atoms with van der Waals surface area (Å²) in [6.45, 7) is 2.00. The number of carbonyl (C=O) groups is 1. The molecule has 3 heteroatoms. The van der Waals surface area contributed by atoms with Crippen LogP contribution >= 0.6 is 0 Å². The summed E-state index contributed by atoms with van der Waals surface area (Å²) in [4.78, 5) is 14.9. The van der Waals surface area contributed by atoms with Crippen molar-refractivity contribution in [1.82, 2.24) is 4.98 Å². The SMILES string of the molecule is COc1cc(C)ccc1-c1ccncc1C=O. The fourth-order valence-corrected chi connectivity index (χ4v) is 1.77. The molecule has 86 valence electrons. The molecule has 2 rings (SSSR count). The second-order valence-electron chi connectivity index (χ2n) is 3.78. The van der Waals surface area contributed by atoms with E-state index in [1.54, 1.807) is 19.5 Å². The van der Waals surface area contributed by atoms with Crippen LogP contribution in [0.4, 0.5) is 0 Å². The van der Waals surface area contributed by atoms with Crippen molar-refractivity contribution in [2.45, 2.75) is 6.92 Å². The molecule has 0 N–H and O–H groups in total. The molecule has 0 saturated heterocycles. The van der Waals surface area contributed by atoms with E-state index >= 15 is 0 Å². The van der Waals surface area contributed by atoms with Gasteiger partial charge in [-0.15, -0.1) is 0 Å². The fraction of sp³-hybridized carbons (Fsp3) is 0.143. The number of aldehydes is 1. The van der Waals surface area contributed by atoms with Crippen molar-refractivity contribution in [3.8, 4) is 16.9 Å². The van der Waals surface area contributed by atoms with E-state index in [9.17, 15) is 4.79 Å². The van der Waals surface area contributed by atoms with Gasteiger partial charge in [0.1, 0.15) is 5.75 Å². The van der Waals surface area contributed by atoms with Crippen molar-refractivity contribution in [1.29, 1.82) is 0 Å². The van der Waals surface area contributed by atoms with Gasteiger partial charge in [-0.05, 0) is 30.2 Å². The number of nitrogens with zero attached hydrogens (tertiary/aromatic N) is 1. The molecule has 17 heavy (non-hydrogen) atoms. The highest BCUT2D eigenvalue weighted by atomic mass is 16.5. The predicted octanol–water partition coefficient (Wildman–Crippen LogP) is 2.88. The Morgan fingerprint density at radius 3 is 2.76 bits per heavy atom. The number of methoxy groups -OCH3 is 1. The molecule has 0 spiro atoms. The van der Waals surface area contributed by atoms with Crippen molar-refractivity contribution in [2.75, 3.05) is 7.11 Å². The largest absolute Gasteiger partial charge is 0.496 e. The molecule has 0 aliphatic carbocycles. The zero-order valence-corrected chi connectivity index (χ0v) is 9.81. The number of aryl methyl sites for hydroxylation is 1. The summed E-state index contributed by atoms with van der Waals surface area (Å²) >= 11 is 0. The third kappa shape index (κ3) is 2.18. The van der Waals surface area contributed by atoms with Crippen molar-refractivity contribution in [2.24, 2.45) is 0 Å². The molecule has 2 aromatic rings. The van der Waals surface area contributed by atoms with Crippen LogP contribution in [0.2, 0.25) is 0 Å². The highest BCUT2D eigenvalue weighted by molar-refractivity contribution is 5.88. The Balaban J connectivity index is 2.63. The lowest BCUT2D eigenvalue weighted by Gasteiger charge is -2.10. The molecule has 1 aromatic carbocycles. The minimum absolute atomic E-state index is 0.564. The van der Waals surface area contributed by atoms with E-state index in [0.29, 0.717) is 5.56 Å². The van der Waals surface area contributed by atoms with Crippen molar-refractivity contribution >= 4 is 6.29 Å². The molecule has 0 aliphatic heterocycles. The molecule has 0 unspecified atom stereocenters. The topological polar surface area (TPSA) is 39.2 Å². The molecule has 0 amide bonds. The van der Waals surface area contributed by atoms with E-state index < -0.39 is 0 Å². The molecule has 0 aliphatic rings. The van der Waals surface area contributed by atoms with Gasteiger partial charge in [0, 0.05) is 23.5 Å². The maximum Gasteiger partial charge on any atom is 0.152 e. The lowest BCUT2D eigenvalue weighted by atomic mass is 10.0. The molecule has 3 nitrogen and oxygen atoms in total. The van der Waals surface area contributed by atoms with E-state index in [-0.39, 0.29) is 0 Å². The first kappa shape index (κ1) is 11.3. The van der Waals surface area contributed by atoms with Crippen molar-refractivity contribution < 1.29 is 9.53 Å². The Labute approximate surface area is 100 Å². The number of hydrogen-bond donors (Lipinski definition) is 0. The average molecular weight is 227 g/mol. The molecule has 0 saturated carbocycles. The number of benzene rings is 1. The second-order valence-corrected chi connectivity index (χ2v) is 3.78. The quantitative estimate of drug-likeness (QED) is 0.757. The van der Waals surface area contributed by atoms with Gasteiger partial charge in [-0.2, -0.15) is 0 Å². The van der Waals surface area contributed by atoms with Gasteiger partial charge in [0.25, 0.3) is 0 Å². The van der Waals surface area contributed by atoms with Crippen LogP contribution in [0.25, 0.3) is 11.1 Å². The Morgan fingerprint density at radius 2 is 2.06 bits per heavy atom. The minimum Gasteiger partial charge on any atom is -0.496 e. The number of ether oxygens (including phenoxy) is 1. The summed E-state index contributed by atoms with van der Waals surface area (Å²) in [5.74, 6) is 0.763. The number of carbonyl (C=O) groups excluding carboxylic acids is 1. The average Bonchev–Trinajstić information content (AvgIpc) is 2.38. The highest BCUT2D eigenvalue weighted by Crippen LogP contribution is 2.32. The molecule has 1 aromatic heterocycles. The van der Waals surface area contributed by atoms with Crippen molar-refractivity contribution in [3.63, 3.8) is 0 Å². The Bertz CT molecular complexity index is 550. The van der Waals surface area contributed by atoms with Crippen molar-refractivity contribution in [3.05, 3.63) is 47.8 Å². The summed E-state index contributed by atoms with van der Waals surface area (Å²) in [5, 5.41) is 0. The van der Waals surface area contributed by atoms with Gasteiger partial charge in [-0.3, -0.25) is 9.78 Å². The molecular weight excluding hydrogens is 214 g/mol. The predicted molar refractivity (Wildman–Crippen MR) is 66.3 cm³/mol. The smallest absolute Gasteiger partial charge is 0.152 e. The maximum atomic E-state index is 11.0. The first-order chi connectivity index (χ1) is 8.26. The van der Waals surface area contributed by atoms with Crippen LogP contribution in [-0.4, -0.2) is 18.4 Å². The fourth-order valence-electron chi connectivity index (χ4n) is 1.77. The lowest BCUT2D eigenvalue weighted by molar-refractivity contribution is 0.112. The Kier molecular flexibility index (Phi) is 3.19. The number of rotatable bonds is 3. The van der Waals surface area contributed by atoms with Crippen LogP contribution in [0.1, 0.15) is 15.9 Å². The van der Waals surface area contributed by atoms with Gasteiger partial charge in [0.15, 0.2) is 6.29 Å². The second kappa shape index (κ2) is 4.78. The molecule has 0 radical (unpaired) electrons. The molecule has 0 fully saturated rings. The maximum absolute atomic E-state index is 11.0. The first-order valence-electron chi connectivity index (χ1n) is 5.30. The van der Waals surface area contributed by atoms with Gasteiger partial charge >= 0.3 is 0 Å². The third-order valence-electron chi connectivity index (χ3n) is 2.63. The highest BCUT2D eigenvalue weighted by Gasteiger charge is 2.09. The van der Waals surface area contributed by atoms with Crippen LogP contribution in [0.3, 0.4) is 0 Å². The monoisotopic (exact) mass is 227 g/mol. The summed E-state index contributed by atoms with van der Waals surface area (Å²) in [7, 11) is 1.63. The van der Waals surface area contributed by atoms with E-state index in [4.69, 9.17) is 4.74 Å². The van der Waals surface area contributed by atoms with E-state index in [2.05, 4.69) is 4.98 Å². The number of aromatic nitrogens is 1. The zero-order valence-electron chi connectivity index (χ0n) is 9.81. The van der Waals surface area contributed by atoms with E-state index in [0.717, 1.165) is 28.7 Å². The normalized spacial score (nSPS) is 10.0. The van der Waals surface area contributed by atoms with Gasteiger partial charge in [0.05, 0.1) is 7.11 Å². The number of hydrogen-bond acceptors (Lipinski definition) is 3. The molecule has 0 atom stereocenters. The van der Waals surface area contributed by atoms with Crippen LogP contribution in [0, 0.1) is 6.92 Å². The summed E-state index contributed by atoms with van der Waals surface area (Å²) in [6.07, 6.45) is 4.03. The Morgan fingerprint density at radius 1 is 1.24 bits per heavy atom. The number of pyridine rings is 1. The third-order valence-corrected chi connectivity index (χ3v) is 2.63. The van der Waals surface area contributed by atoms with Crippen LogP contribution in [-0.2, 0) is 0 Å². The minimum atomic E-state index is 0.564. The van der Waals surface area contributed by atoms with Gasteiger partial charge < -0.3 is 4.74 Å².